The Morgan fingerprint density at radius 3 is 2.83 bits per heavy atom. The van der Waals surface area contributed by atoms with Crippen LogP contribution in [-0.2, 0) is 9.59 Å². The van der Waals surface area contributed by atoms with Gasteiger partial charge in [-0.1, -0.05) is 18.0 Å². The summed E-state index contributed by atoms with van der Waals surface area (Å²) in [4.78, 5) is 46.0. The van der Waals surface area contributed by atoms with Crippen molar-refractivity contribution < 1.29 is 23.7 Å². The number of hydrogen-bond acceptors (Lipinski definition) is 6. The standard InChI is InChI=1S/C19H22N6O4/c1-11-8-23(12-5-4-6-13(7-12)29-3)18-21-16-15(24(18)9-11)17(27)25(10-14(20)26)19(28)22(16)2/h4-7,11,15H,8-10H2,1-3H3,(H-,20,26)/p+1. The number of benzene rings is 1. The highest BCUT2D eigenvalue weighted by molar-refractivity contribution is 6.24. The lowest BCUT2D eigenvalue weighted by atomic mass is 10.1. The number of rotatable bonds is 4. The molecule has 10 nitrogen and oxygen atoms in total. The first-order valence-electron chi connectivity index (χ1n) is 9.33. The molecule has 29 heavy (non-hydrogen) atoms. The lowest BCUT2D eigenvalue weighted by Gasteiger charge is -2.34. The fraction of sp³-hybridized carbons (Fsp3) is 0.421. The summed E-state index contributed by atoms with van der Waals surface area (Å²) in [6.07, 6.45) is 0. The molecule has 0 spiro atoms. The van der Waals surface area contributed by atoms with Crippen molar-refractivity contribution in [1.29, 1.82) is 0 Å². The summed E-state index contributed by atoms with van der Waals surface area (Å²) in [7, 11) is 3.15. The number of amides is 4. The molecule has 3 aliphatic heterocycles. The molecule has 4 rings (SSSR count). The van der Waals surface area contributed by atoms with Crippen molar-refractivity contribution >= 4 is 35.3 Å². The van der Waals surface area contributed by atoms with E-state index >= 15 is 0 Å². The van der Waals surface area contributed by atoms with Gasteiger partial charge < -0.3 is 10.5 Å². The summed E-state index contributed by atoms with van der Waals surface area (Å²) < 4.78 is 7.23. The van der Waals surface area contributed by atoms with Crippen molar-refractivity contribution in [3.05, 3.63) is 24.3 Å². The molecule has 1 fully saturated rings. The third-order valence-corrected chi connectivity index (χ3v) is 5.31. The Morgan fingerprint density at radius 2 is 2.14 bits per heavy atom. The number of aliphatic imine (C=N–C) groups is 1. The van der Waals surface area contributed by atoms with Crippen molar-refractivity contribution in [2.75, 3.05) is 38.7 Å². The van der Waals surface area contributed by atoms with Crippen LogP contribution >= 0.6 is 0 Å². The predicted octanol–water partition coefficient (Wildman–Crippen LogP) is -0.320. The molecule has 2 unspecified atom stereocenters. The number of carbonyl (C=O) groups is 3. The molecule has 0 aliphatic carbocycles. The van der Waals surface area contributed by atoms with E-state index in [0.29, 0.717) is 30.6 Å². The number of nitrogens with zero attached hydrogens (tertiary/aromatic N) is 5. The highest BCUT2D eigenvalue weighted by Gasteiger charge is 2.55. The zero-order valence-electron chi connectivity index (χ0n) is 16.5. The number of guanidine groups is 1. The second-order valence-corrected chi connectivity index (χ2v) is 7.47. The van der Waals surface area contributed by atoms with E-state index in [1.165, 1.54) is 4.90 Å². The van der Waals surface area contributed by atoms with Crippen LogP contribution in [0, 0.1) is 5.92 Å². The van der Waals surface area contributed by atoms with Crippen LogP contribution in [0.25, 0.3) is 0 Å². The molecule has 0 aromatic heterocycles. The molecule has 1 aromatic carbocycles. The van der Waals surface area contributed by atoms with Gasteiger partial charge in [0.25, 0.3) is 5.91 Å². The number of hydrogen-bond donors (Lipinski definition) is 1. The molecular weight excluding hydrogens is 376 g/mol. The molecule has 0 radical (unpaired) electrons. The van der Waals surface area contributed by atoms with E-state index in [9.17, 15) is 14.4 Å². The number of methoxy groups -OCH3 is 1. The number of urea groups is 1. The Balaban J connectivity index is 1.78. The molecule has 2 atom stereocenters. The number of nitrogens with two attached hydrogens (primary N) is 1. The molecule has 3 heterocycles. The van der Waals surface area contributed by atoms with Crippen molar-refractivity contribution in [1.82, 2.24) is 9.80 Å². The van der Waals surface area contributed by atoms with E-state index < -0.39 is 30.4 Å². The fourth-order valence-electron chi connectivity index (χ4n) is 4.00. The summed E-state index contributed by atoms with van der Waals surface area (Å²) in [5, 5.41) is 0. The van der Waals surface area contributed by atoms with Crippen molar-refractivity contribution in [2.24, 2.45) is 16.6 Å². The van der Waals surface area contributed by atoms with Gasteiger partial charge in [0.05, 0.1) is 20.2 Å². The number of imide groups is 1. The predicted molar refractivity (Wildman–Crippen MR) is 105 cm³/mol. The number of carbonyl (C=O) groups excluding carboxylic acids is 3. The third-order valence-electron chi connectivity index (χ3n) is 5.31. The fourth-order valence-corrected chi connectivity index (χ4v) is 4.00. The first-order valence-corrected chi connectivity index (χ1v) is 9.33. The number of likely N-dealkylation sites (N-methyl/N-ethyl adjacent to an activating group) is 1. The second kappa shape index (κ2) is 6.87. The van der Waals surface area contributed by atoms with Crippen molar-refractivity contribution in [2.45, 2.75) is 13.0 Å². The van der Waals surface area contributed by atoms with Gasteiger partial charge in [-0.2, -0.15) is 0 Å². The van der Waals surface area contributed by atoms with Crippen LogP contribution in [0.2, 0.25) is 0 Å². The second-order valence-electron chi connectivity index (χ2n) is 7.47. The van der Waals surface area contributed by atoms with Crippen LogP contribution < -0.4 is 15.4 Å². The monoisotopic (exact) mass is 399 g/mol. The summed E-state index contributed by atoms with van der Waals surface area (Å²) >= 11 is 0. The Labute approximate surface area is 167 Å². The summed E-state index contributed by atoms with van der Waals surface area (Å²) in [5.41, 5.74) is 6.12. The molecule has 0 saturated carbocycles. The number of anilines is 1. The molecule has 4 amide bonds. The van der Waals surface area contributed by atoms with E-state index in [0.717, 1.165) is 10.6 Å². The van der Waals surface area contributed by atoms with Crippen LogP contribution in [0.3, 0.4) is 0 Å². The lowest BCUT2D eigenvalue weighted by Crippen LogP contribution is -2.64. The van der Waals surface area contributed by atoms with Crippen molar-refractivity contribution in [3.8, 4) is 5.75 Å². The van der Waals surface area contributed by atoms with E-state index in [4.69, 9.17) is 10.5 Å². The van der Waals surface area contributed by atoms with Gasteiger partial charge in [-0.3, -0.25) is 19.4 Å². The van der Waals surface area contributed by atoms with Gasteiger partial charge in [0, 0.05) is 19.0 Å². The van der Waals surface area contributed by atoms with Crippen LogP contribution in [0.15, 0.2) is 29.3 Å². The summed E-state index contributed by atoms with van der Waals surface area (Å²) in [5.74, 6) is 0.683. The average molecular weight is 399 g/mol. The van der Waals surface area contributed by atoms with Crippen LogP contribution in [0.5, 0.6) is 5.75 Å². The van der Waals surface area contributed by atoms with Gasteiger partial charge in [0.1, 0.15) is 18.0 Å². The maximum atomic E-state index is 13.1. The highest BCUT2D eigenvalue weighted by Crippen LogP contribution is 2.29. The Morgan fingerprint density at radius 1 is 1.38 bits per heavy atom. The van der Waals surface area contributed by atoms with Gasteiger partial charge in [-0.05, 0) is 12.1 Å². The van der Waals surface area contributed by atoms with Crippen molar-refractivity contribution in [3.63, 3.8) is 0 Å². The molecule has 3 aliphatic rings. The Hall–Kier alpha value is -3.43. The number of fused-ring (bicyclic) bond motifs is 2. The minimum atomic E-state index is -0.761. The third kappa shape index (κ3) is 3.00. The average Bonchev–Trinajstić information content (AvgIpc) is 3.08. The Kier molecular flexibility index (Phi) is 4.48. The smallest absolute Gasteiger partial charge is 0.397 e. The molecule has 0 bridgehead atoms. The number of ether oxygens (including phenoxy) is 1. The molecule has 152 valence electrons. The lowest BCUT2D eigenvalue weighted by molar-refractivity contribution is -0.545. The minimum Gasteiger partial charge on any atom is -0.497 e. The molecule has 1 aromatic rings. The Bertz CT molecular complexity index is 971. The van der Waals surface area contributed by atoms with Gasteiger partial charge in [-0.25, -0.2) is 14.3 Å². The van der Waals surface area contributed by atoms with Crippen LogP contribution in [0.1, 0.15) is 6.92 Å². The topological polar surface area (TPSA) is 112 Å². The van der Waals surface area contributed by atoms with Crippen LogP contribution in [0.4, 0.5) is 10.5 Å². The minimum absolute atomic E-state index is 0.236. The van der Waals surface area contributed by atoms with Gasteiger partial charge in [0.15, 0.2) is 0 Å². The first kappa shape index (κ1) is 18.9. The summed E-state index contributed by atoms with van der Waals surface area (Å²) in [6.45, 7) is 2.94. The number of amidine groups is 1. The molecule has 2 N–H and O–H groups in total. The van der Waals surface area contributed by atoms with E-state index in [2.05, 4.69) is 11.9 Å². The molecular formula is C19H23N6O4+. The SMILES string of the molecule is COc1cccc(N2CC(C)C[N+]3=C2N=C2C3C(=O)N(CC(N)=O)C(=O)N2C)c1. The highest BCUT2D eigenvalue weighted by atomic mass is 16.5. The largest absolute Gasteiger partial charge is 0.497 e. The maximum Gasteiger partial charge on any atom is 0.397 e. The van der Waals surface area contributed by atoms with Gasteiger partial charge in [0.2, 0.25) is 17.8 Å². The number of primary amides is 1. The van der Waals surface area contributed by atoms with E-state index in [1.54, 1.807) is 14.2 Å². The van der Waals surface area contributed by atoms with E-state index in [1.807, 2.05) is 33.7 Å². The zero-order valence-corrected chi connectivity index (χ0v) is 16.5. The quantitative estimate of drug-likeness (QED) is 0.698. The zero-order chi connectivity index (χ0) is 20.9. The summed E-state index contributed by atoms with van der Waals surface area (Å²) in [6, 6.07) is 6.24. The molecule has 10 heteroatoms. The van der Waals surface area contributed by atoms with Gasteiger partial charge in [-0.15, -0.1) is 0 Å². The van der Waals surface area contributed by atoms with E-state index in [-0.39, 0.29) is 5.92 Å². The molecule has 1 saturated heterocycles. The van der Waals surface area contributed by atoms with Gasteiger partial charge >= 0.3 is 12.0 Å². The van der Waals surface area contributed by atoms with Crippen LogP contribution in [-0.4, -0.2) is 83.8 Å². The normalized spacial score (nSPS) is 23.8. The first-order chi connectivity index (χ1) is 13.8. The maximum absolute atomic E-state index is 13.1.